The van der Waals surface area contributed by atoms with Gasteiger partial charge in [0.05, 0.1) is 12.0 Å². The number of aromatic amines is 2. The molecule has 10 heteroatoms. The van der Waals surface area contributed by atoms with E-state index in [2.05, 4.69) is 41.0 Å². The van der Waals surface area contributed by atoms with E-state index in [9.17, 15) is 9.59 Å². The highest BCUT2D eigenvalue weighted by Crippen LogP contribution is 2.32. The Hall–Kier alpha value is -2.98. The number of H-pyrrole nitrogens is 2. The van der Waals surface area contributed by atoms with Crippen LogP contribution in [0.25, 0.3) is 0 Å². The number of carbonyl (C=O) groups is 2. The van der Waals surface area contributed by atoms with Crippen molar-refractivity contribution < 1.29 is 9.59 Å². The Labute approximate surface area is 176 Å². The summed E-state index contributed by atoms with van der Waals surface area (Å²) < 4.78 is 0.805. The molecule has 3 aromatic rings. The van der Waals surface area contributed by atoms with E-state index in [0.717, 1.165) is 28.7 Å². The summed E-state index contributed by atoms with van der Waals surface area (Å²) in [4.78, 5) is 35.2. The molecule has 2 heterocycles. The normalized spacial score (nSPS) is 11.1. The van der Waals surface area contributed by atoms with Crippen LogP contribution < -0.4 is 10.6 Å². The van der Waals surface area contributed by atoms with Gasteiger partial charge < -0.3 is 15.6 Å². The molecule has 2 amide bonds. The molecule has 0 saturated heterocycles. The van der Waals surface area contributed by atoms with Crippen molar-refractivity contribution in [1.29, 1.82) is 0 Å². The Morgan fingerprint density at radius 1 is 1.24 bits per heavy atom. The van der Waals surface area contributed by atoms with Crippen molar-refractivity contribution in [3.63, 3.8) is 0 Å². The number of rotatable bonds is 7. The van der Waals surface area contributed by atoms with E-state index in [1.165, 1.54) is 11.2 Å². The molecule has 0 bridgehead atoms. The summed E-state index contributed by atoms with van der Waals surface area (Å²) in [6.45, 7) is 2.72. The summed E-state index contributed by atoms with van der Waals surface area (Å²) in [6, 6.07) is 7.42. The Morgan fingerprint density at radius 3 is 2.69 bits per heavy atom. The largest absolute Gasteiger partial charge is 0.364 e. The van der Waals surface area contributed by atoms with Crippen LogP contribution >= 0.6 is 15.9 Å². The molecule has 0 spiro atoms. The molecule has 29 heavy (non-hydrogen) atoms. The van der Waals surface area contributed by atoms with Crippen LogP contribution in [0.15, 0.2) is 35.1 Å². The number of nitrogens with zero attached hydrogens (tertiary/aromatic N) is 4. The molecular weight excluding hydrogens is 438 g/mol. The number of aryl methyl sites for hydroxylation is 1. The SMILES string of the molecule is Cc1ccc(Br)cc1N(C(=O)c1[nH]cnc1C(N)=O)c1cc(CCN(C)C)[nH]n1. The van der Waals surface area contributed by atoms with Crippen molar-refractivity contribution in [3.8, 4) is 0 Å². The molecule has 9 nitrogen and oxygen atoms in total. The van der Waals surface area contributed by atoms with E-state index >= 15 is 0 Å². The number of benzene rings is 1. The first-order chi connectivity index (χ1) is 13.8. The van der Waals surface area contributed by atoms with E-state index < -0.39 is 11.8 Å². The number of carbonyl (C=O) groups excluding carboxylic acids is 2. The van der Waals surface area contributed by atoms with Gasteiger partial charge in [0.15, 0.2) is 11.5 Å². The number of halogens is 1. The van der Waals surface area contributed by atoms with E-state index in [1.807, 2.05) is 45.3 Å². The molecule has 0 aliphatic rings. The molecule has 152 valence electrons. The number of anilines is 2. The molecule has 4 N–H and O–H groups in total. The predicted octanol–water partition coefficient (Wildman–Crippen LogP) is 2.39. The lowest BCUT2D eigenvalue weighted by molar-refractivity contribution is 0.0961. The molecule has 1 aromatic carbocycles. The van der Waals surface area contributed by atoms with Gasteiger partial charge in [0, 0.05) is 29.2 Å². The molecule has 0 fully saturated rings. The molecule has 0 aliphatic carbocycles. The highest BCUT2D eigenvalue weighted by molar-refractivity contribution is 9.10. The fourth-order valence-electron chi connectivity index (χ4n) is 2.85. The quantitative estimate of drug-likeness (QED) is 0.500. The van der Waals surface area contributed by atoms with E-state index in [-0.39, 0.29) is 11.4 Å². The molecule has 3 rings (SSSR count). The Morgan fingerprint density at radius 2 is 2.00 bits per heavy atom. The summed E-state index contributed by atoms with van der Waals surface area (Å²) in [5.41, 5.74) is 7.64. The number of amides is 2. The monoisotopic (exact) mass is 459 g/mol. The Balaban J connectivity index is 2.07. The van der Waals surface area contributed by atoms with Crippen LogP contribution in [0.5, 0.6) is 0 Å². The predicted molar refractivity (Wildman–Crippen MR) is 113 cm³/mol. The second kappa shape index (κ2) is 8.58. The third-order valence-electron chi connectivity index (χ3n) is 4.38. The maximum absolute atomic E-state index is 13.4. The number of likely N-dealkylation sites (N-methyl/N-ethyl adjacent to an activating group) is 1. The first kappa shape index (κ1) is 20.7. The summed E-state index contributed by atoms with van der Waals surface area (Å²) >= 11 is 3.45. The molecule has 0 saturated carbocycles. The number of hydrogen-bond acceptors (Lipinski definition) is 5. The van der Waals surface area contributed by atoms with E-state index in [4.69, 9.17) is 5.73 Å². The van der Waals surface area contributed by atoms with Gasteiger partial charge in [-0.25, -0.2) is 4.98 Å². The van der Waals surface area contributed by atoms with Crippen LogP contribution in [0.1, 0.15) is 32.2 Å². The van der Waals surface area contributed by atoms with Crippen LogP contribution in [-0.4, -0.2) is 57.5 Å². The molecule has 0 radical (unpaired) electrons. The van der Waals surface area contributed by atoms with Crippen LogP contribution in [0.2, 0.25) is 0 Å². The fraction of sp³-hybridized carbons (Fsp3) is 0.263. The maximum Gasteiger partial charge on any atom is 0.283 e. The Kier molecular flexibility index (Phi) is 6.14. The van der Waals surface area contributed by atoms with Gasteiger partial charge in [-0.15, -0.1) is 0 Å². The standard InChI is InChI=1S/C19H22BrN7O2/c1-11-4-5-12(20)8-14(11)27(15-9-13(24-25-15)6-7-26(2)3)19(29)17-16(18(21)28)22-10-23-17/h4-5,8-10H,6-7H2,1-3H3,(H2,21,28)(H,22,23)(H,24,25). The molecular formula is C19H22BrN7O2. The van der Waals surface area contributed by atoms with Crippen molar-refractivity contribution in [2.45, 2.75) is 13.3 Å². The van der Waals surface area contributed by atoms with Crippen molar-refractivity contribution >= 4 is 39.2 Å². The van der Waals surface area contributed by atoms with Gasteiger partial charge >= 0.3 is 0 Å². The number of imidazole rings is 1. The third-order valence-corrected chi connectivity index (χ3v) is 4.87. The van der Waals surface area contributed by atoms with Gasteiger partial charge in [0.1, 0.15) is 5.69 Å². The average Bonchev–Trinajstić information content (AvgIpc) is 3.32. The van der Waals surface area contributed by atoms with Gasteiger partial charge in [-0.1, -0.05) is 22.0 Å². The van der Waals surface area contributed by atoms with Crippen LogP contribution in [0.3, 0.4) is 0 Å². The summed E-state index contributed by atoms with van der Waals surface area (Å²) in [6.07, 6.45) is 2.02. The van der Waals surface area contributed by atoms with Crippen molar-refractivity contribution in [3.05, 3.63) is 57.7 Å². The van der Waals surface area contributed by atoms with Gasteiger partial charge in [-0.05, 0) is 38.7 Å². The highest BCUT2D eigenvalue weighted by Gasteiger charge is 2.28. The minimum atomic E-state index is -0.783. The van der Waals surface area contributed by atoms with Crippen molar-refractivity contribution in [2.24, 2.45) is 5.73 Å². The van der Waals surface area contributed by atoms with Gasteiger partial charge in [0.25, 0.3) is 11.8 Å². The first-order valence-electron chi connectivity index (χ1n) is 8.90. The molecule has 2 aromatic heterocycles. The van der Waals surface area contributed by atoms with Crippen LogP contribution in [-0.2, 0) is 6.42 Å². The number of primary amides is 1. The zero-order chi connectivity index (χ0) is 21.1. The lowest BCUT2D eigenvalue weighted by Crippen LogP contribution is -2.30. The lowest BCUT2D eigenvalue weighted by atomic mass is 10.1. The minimum Gasteiger partial charge on any atom is -0.364 e. The second-order valence-corrected chi connectivity index (χ2v) is 7.78. The van der Waals surface area contributed by atoms with Crippen LogP contribution in [0, 0.1) is 6.92 Å². The Bertz CT molecular complexity index is 1040. The van der Waals surface area contributed by atoms with Gasteiger partial charge in [-0.2, -0.15) is 5.10 Å². The third kappa shape index (κ3) is 4.54. The number of aromatic nitrogens is 4. The zero-order valence-corrected chi connectivity index (χ0v) is 17.9. The van der Waals surface area contributed by atoms with Crippen molar-refractivity contribution in [1.82, 2.24) is 25.1 Å². The molecule has 0 aliphatic heterocycles. The van der Waals surface area contributed by atoms with Crippen molar-refractivity contribution in [2.75, 3.05) is 25.5 Å². The smallest absolute Gasteiger partial charge is 0.283 e. The zero-order valence-electron chi connectivity index (χ0n) is 16.4. The summed E-state index contributed by atoms with van der Waals surface area (Å²) in [5, 5.41) is 7.33. The highest BCUT2D eigenvalue weighted by atomic mass is 79.9. The number of hydrogen-bond donors (Lipinski definition) is 3. The second-order valence-electron chi connectivity index (χ2n) is 6.87. The first-order valence-corrected chi connectivity index (χ1v) is 9.70. The molecule has 0 atom stereocenters. The van der Waals surface area contributed by atoms with E-state index in [0.29, 0.717) is 11.5 Å². The van der Waals surface area contributed by atoms with Crippen LogP contribution in [0.4, 0.5) is 11.5 Å². The number of nitrogens with one attached hydrogen (secondary N) is 2. The van der Waals surface area contributed by atoms with E-state index in [1.54, 1.807) is 0 Å². The lowest BCUT2D eigenvalue weighted by Gasteiger charge is -2.22. The summed E-state index contributed by atoms with van der Waals surface area (Å²) in [5.74, 6) is -0.854. The van der Waals surface area contributed by atoms with Gasteiger partial charge in [-0.3, -0.25) is 19.6 Å². The number of nitrogens with two attached hydrogens (primary N) is 1. The maximum atomic E-state index is 13.4. The topological polar surface area (TPSA) is 124 Å². The molecule has 0 unspecified atom stereocenters. The fourth-order valence-corrected chi connectivity index (χ4v) is 3.20. The van der Waals surface area contributed by atoms with Gasteiger partial charge in [0.2, 0.25) is 0 Å². The minimum absolute atomic E-state index is 0.00900. The average molecular weight is 460 g/mol. The summed E-state index contributed by atoms with van der Waals surface area (Å²) in [7, 11) is 3.98.